The van der Waals surface area contributed by atoms with Crippen LogP contribution in [0.4, 0.5) is 11.6 Å². The summed E-state index contributed by atoms with van der Waals surface area (Å²) in [5, 5.41) is 13.7. The predicted octanol–water partition coefficient (Wildman–Crippen LogP) is 5.96. The number of benzene rings is 1. The van der Waals surface area contributed by atoms with Crippen LogP contribution >= 0.6 is 11.3 Å². The summed E-state index contributed by atoms with van der Waals surface area (Å²) in [7, 11) is 0. The van der Waals surface area contributed by atoms with Gasteiger partial charge in [-0.25, -0.2) is 4.98 Å². The Morgan fingerprint density at radius 2 is 1.94 bits per heavy atom. The average Bonchev–Trinajstić information content (AvgIpc) is 3.30. The lowest BCUT2D eigenvalue weighted by Gasteiger charge is -2.23. The molecule has 2 aromatic heterocycles. The molecule has 2 heterocycles. The number of aryl methyl sites for hydroxylation is 2. The fraction of sp³-hybridized carbons (Fsp3) is 0.458. The molecular formula is C24H27N3O3S. The maximum absolute atomic E-state index is 11.4. The van der Waals surface area contributed by atoms with Crippen molar-refractivity contribution in [3.8, 4) is 5.88 Å². The number of fused-ring (bicyclic) bond motifs is 3. The average molecular weight is 438 g/mol. The number of hydrogen-bond acceptors (Lipinski definition) is 6. The number of nitrogens with one attached hydrogen (secondary N) is 1. The van der Waals surface area contributed by atoms with E-state index in [1.165, 1.54) is 29.7 Å². The Morgan fingerprint density at radius 3 is 2.68 bits per heavy atom. The van der Waals surface area contributed by atoms with Gasteiger partial charge in [-0.1, -0.05) is 24.1 Å². The molecular weight excluding hydrogens is 410 g/mol. The molecule has 31 heavy (non-hydrogen) atoms. The van der Waals surface area contributed by atoms with E-state index in [1.807, 2.05) is 12.1 Å². The first-order chi connectivity index (χ1) is 15.1. The van der Waals surface area contributed by atoms with Gasteiger partial charge in [-0.3, -0.25) is 4.79 Å². The molecule has 1 aromatic carbocycles. The van der Waals surface area contributed by atoms with Gasteiger partial charge in [-0.2, -0.15) is 4.98 Å². The Kier molecular flexibility index (Phi) is 5.52. The lowest BCUT2D eigenvalue weighted by atomic mass is 9.97. The highest BCUT2D eigenvalue weighted by atomic mass is 32.1. The zero-order valence-electron chi connectivity index (χ0n) is 17.7. The molecule has 1 fully saturated rings. The molecule has 0 radical (unpaired) electrons. The number of nitrogens with zero attached hydrogens (tertiary/aromatic N) is 2. The van der Waals surface area contributed by atoms with Crippen LogP contribution in [0.1, 0.15) is 66.9 Å². The van der Waals surface area contributed by atoms with Crippen LogP contribution in [0.25, 0.3) is 10.2 Å². The highest BCUT2D eigenvalue weighted by Gasteiger charge is 2.32. The predicted molar refractivity (Wildman–Crippen MR) is 123 cm³/mol. The van der Waals surface area contributed by atoms with E-state index in [2.05, 4.69) is 24.4 Å². The number of carboxylic acids is 1. The van der Waals surface area contributed by atoms with Gasteiger partial charge < -0.3 is 15.2 Å². The second kappa shape index (κ2) is 8.46. The van der Waals surface area contributed by atoms with E-state index < -0.39 is 5.97 Å². The van der Waals surface area contributed by atoms with Gasteiger partial charge in [0.25, 0.3) is 0 Å². The van der Waals surface area contributed by atoms with E-state index in [9.17, 15) is 9.90 Å². The van der Waals surface area contributed by atoms with Crippen molar-refractivity contribution in [2.75, 3.05) is 5.32 Å². The van der Waals surface area contributed by atoms with Gasteiger partial charge in [0.1, 0.15) is 10.9 Å². The van der Waals surface area contributed by atoms with Crippen molar-refractivity contribution >= 4 is 39.2 Å². The summed E-state index contributed by atoms with van der Waals surface area (Å²) in [6, 6.07) is 8.14. The van der Waals surface area contributed by atoms with Crippen LogP contribution in [0.15, 0.2) is 24.3 Å². The van der Waals surface area contributed by atoms with E-state index in [0.29, 0.717) is 11.8 Å². The third kappa shape index (κ3) is 4.24. The highest BCUT2D eigenvalue weighted by Crippen LogP contribution is 2.48. The largest absolute Gasteiger partial charge is 0.481 e. The molecule has 2 aliphatic carbocycles. The maximum Gasteiger partial charge on any atom is 0.303 e. The normalized spacial score (nSPS) is 18.8. The number of carboxylic acid groups (broad SMARTS) is 1. The van der Waals surface area contributed by atoms with Crippen molar-refractivity contribution < 1.29 is 14.6 Å². The standard InChI is InChI=1S/C24H27N3O3S/c1-14-7-10-16(11-8-14)25-24-26-22(30-17-5-3-2-4-6-17)21-20-15(13-19(28)29)9-12-18(20)31-23(21)27-24/h7-8,10-11,15,17H,2-6,9,12-13H2,1H3,(H,28,29)(H,25,26,27). The fourth-order valence-corrected chi connectivity index (χ4v) is 6.03. The third-order valence-electron chi connectivity index (χ3n) is 6.32. The Bertz CT molecular complexity index is 1100. The molecule has 2 N–H and O–H groups in total. The molecule has 0 bridgehead atoms. The van der Waals surface area contributed by atoms with E-state index in [-0.39, 0.29) is 18.4 Å². The van der Waals surface area contributed by atoms with Crippen molar-refractivity contribution in [3.05, 3.63) is 40.3 Å². The van der Waals surface area contributed by atoms with Gasteiger partial charge in [0.2, 0.25) is 11.8 Å². The molecule has 2 aliphatic rings. The van der Waals surface area contributed by atoms with Gasteiger partial charge in [0.15, 0.2) is 0 Å². The summed E-state index contributed by atoms with van der Waals surface area (Å²) in [4.78, 5) is 23.1. The number of aromatic nitrogens is 2. The minimum absolute atomic E-state index is 0.00876. The second-order valence-electron chi connectivity index (χ2n) is 8.67. The smallest absolute Gasteiger partial charge is 0.303 e. The van der Waals surface area contributed by atoms with Gasteiger partial charge in [0, 0.05) is 10.6 Å². The maximum atomic E-state index is 11.4. The number of aliphatic carboxylic acids is 1. The Labute approximate surface area is 185 Å². The minimum Gasteiger partial charge on any atom is -0.481 e. The van der Waals surface area contributed by atoms with Gasteiger partial charge in [-0.05, 0) is 69.1 Å². The van der Waals surface area contributed by atoms with E-state index in [4.69, 9.17) is 14.7 Å². The molecule has 3 aromatic rings. The molecule has 5 rings (SSSR count). The molecule has 1 atom stereocenters. The Morgan fingerprint density at radius 1 is 1.16 bits per heavy atom. The van der Waals surface area contributed by atoms with Crippen molar-refractivity contribution in [2.45, 2.75) is 70.3 Å². The molecule has 7 heteroatoms. The summed E-state index contributed by atoms with van der Waals surface area (Å²) in [5.41, 5.74) is 3.24. The fourth-order valence-electron chi connectivity index (χ4n) is 4.77. The second-order valence-corrected chi connectivity index (χ2v) is 9.76. The number of hydrogen-bond donors (Lipinski definition) is 2. The van der Waals surface area contributed by atoms with Crippen LogP contribution in [0.2, 0.25) is 0 Å². The molecule has 1 saturated carbocycles. The molecule has 0 saturated heterocycles. The quantitative estimate of drug-likeness (QED) is 0.495. The van der Waals surface area contributed by atoms with Crippen LogP contribution in [0.5, 0.6) is 5.88 Å². The van der Waals surface area contributed by atoms with E-state index in [1.54, 1.807) is 11.3 Å². The summed E-state index contributed by atoms with van der Waals surface area (Å²) < 4.78 is 6.47. The first-order valence-corrected chi connectivity index (χ1v) is 11.9. The van der Waals surface area contributed by atoms with E-state index >= 15 is 0 Å². The zero-order chi connectivity index (χ0) is 21.4. The van der Waals surface area contributed by atoms with Crippen LogP contribution in [0.3, 0.4) is 0 Å². The summed E-state index contributed by atoms with van der Waals surface area (Å²) in [6.07, 6.45) is 7.77. The van der Waals surface area contributed by atoms with Crippen molar-refractivity contribution in [3.63, 3.8) is 0 Å². The first kappa shape index (κ1) is 20.2. The number of ether oxygens (including phenoxy) is 1. The lowest BCUT2D eigenvalue weighted by molar-refractivity contribution is -0.137. The molecule has 0 spiro atoms. The molecule has 1 unspecified atom stereocenters. The van der Waals surface area contributed by atoms with Gasteiger partial charge in [0.05, 0.1) is 11.8 Å². The minimum atomic E-state index is -0.759. The van der Waals surface area contributed by atoms with Gasteiger partial charge >= 0.3 is 5.97 Å². The topological polar surface area (TPSA) is 84.3 Å². The SMILES string of the molecule is Cc1ccc(Nc2nc(OC3CCCCC3)c3c4c(sc3n2)CCC4CC(=O)O)cc1. The highest BCUT2D eigenvalue weighted by molar-refractivity contribution is 7.19. The lowest BCUT2D eigenvalue weighted by Crippen LogP contribution is -2.20. The molecule has 162 valence electrons. The Balaban J connectivity index is 1.56. The third-order valence-corrected chi connectivity index (χ3v) is 7.48. The zero-order valence-corrected chi connectivity index (χ0v) is 18.5. The molecule has 6 nitrogen and oxygen atoms in total. The molecule has 0 amide bonds. The summed E-state index contributed by atoms with van der Waals surface area (Å²) in [6.45, 7) is 2.06. The number of rotatable bonds is 6. The van der Waals surface area contributed by atoms with Crippen LogP contribution in [-0.2, 0) is 11.2 Å². The molecule has 0 aliphatic heterocycles. The first-order valence-electron chi connectivity index (χ1n) is 11.1. The number of anilines is 2. The van der Waals surface area contributed by atoms with Crippen LogP contribution in [-0.4, -0.2) is 27.1 Å². The number of carbonyl (C=O) groups is 1. The Hall–Kier alpha value is -2.67. The van der Waals surface area contributed by atoms with Crippen molar-refractivity contribution in [1.29, 1.82) is 0 Å². The van der Waals surface area contributed by atoms with Crippen molar-refractivity contribution in [2.24, 2.45) is 0 Å². The summed E-state index contributed by atoms with van der Waals surface area (Å²) in [5.74, 6) is 0.387. The number of thiophene rings is 1. The van der Waals surface area contributed by atoms with Crippen LogP contribution < -0.4 is 10.1 Å². The van der Waals surface area contributed by atoms with Crippen LogP contribution in [0, 0.1) is 6.92 Å². The van der Waals surface area contributed by atoms with Gasteiger partial charge in [-0.15, -0.1) is 11.3 Å². The van der Waals surface area contributed by atoms with E-state index in [0.717, 1.165) is 47.2 Å². The summed E-state index contributed by atoms with van der Waals surface area (Å²) >= 11 is 1.66. The van der Waals surface area contributed by atoms with Crippen molar-refractivity contribution in [1.82, 2.24) is 9.97 Å². The monoisotopic (exact) mass is 437 g/mol.